The quantitative estimate of drug-likeness (QED) is 0.477. The van der Waals surface area contributed by atoms with Crippen molar-refractivity contribution in [3.05, 3.63) is 72.3 Å². The monoisotopic (exact) mass is 502 g/mol. The summed E-state index contributed by atoms with van der Waals surface area (Å²) < 4.78 is 54.1. The summed E-state index contributed by atoms with van der Waals surface area (Å²) in [5.74, 6) is 6.88. The molecule has 1 aliphatic heterocycles. The molecule has 7 nitrogen and oxygen atoms in total. The molecule has 0 bridgehead atoms. The Labute approximate surface area is 206 Å². The maximum atomic E-state index is 12.5. The number of hydrogen-bond acceptors (Lipinski definition) is 6. The molecule has 1 aliphatic rings. The molecule has 1 fully saturated rings. The summed E-state index contributed by atoms with van der Waals surface area (Å²) in [5, 5.41) is 19.6. The van der Waals surface area contributed by atoms with Crippen molar-refractivity contribution >= 4 is 0 Å². The summed E-state index contributed by atoms with van der Waals surface area (Å²) >= 11 is 0. The van der Waals surface area contributed by atoms with Crippen LogP contribution in [0, 0.1) is 11.8 Å². The molecule has 10 heteroatoms. The van der Waals surface area contributed by atoms with E-state index in [1.54, 1.807) is 36.0 Å². The number of rotatable bonds is 7. The average molecular weight is 502 g/mol. The summed E-state index contributed by atoms with van der Waals surface area (Å²) in [7, 11) is 0. The first kappa shape index (κ1) is 25.7. The Morgan fingerprint density at radius 1 is 1.08 bits per heavy atom. The zero-order valence-corrected chi connectivity index (χ0v) is 19.4. The molecule has 0 aliphatic carbocycles. The molecule has 4 atom stereocenters. The fourth-order valence-electron chi connectivity index (χ4n) is 3.83. The van der Waals surface area contributed by atoms with Crippen molar-refractivity contribution in [2.24, 2.45) is 0 Å². The largest absolute Gasteiger partial charge is 0.522 e. The van der Waals surface area contributed by atoms with Gasteiger partial charge in [-0.3, -0.25) is 4.74 Å². The summed E-state index contributed by atoms with van der Waals surface area (Å²) in [6.45, 7) is 1.20. The van der Waals surface area contributed by atoms with Crippen LogP contribution >= 0.6 is 0 Å². The highest BCUT2D eigenvalue weighted by Gasteiger charge is 2.41. The van der Waals surface area contributed by atoms with Crippen LogP contribution in [0.1, 0.15) is 30.5 Å². The van der Waals surface area contributed by atoms with E-state index in [4.69, 9.17) is 9.47 Å². The van der Waals surface area contributed by atoms with E-state index < -0.39 is 30.7 Å². The predicted octanol–water partition coefficient (Wildman–Crippen LogP) is 3.87. The van der Waals surface area contributed by atoms with Crippen LogP contribution < -0.4 is 4.74 Å². The van der Waals surface area contributed by atoms with Crippen LogP contribution in [0.4, 0.5) is 13.2 Å². The number of ether oxygens (including phenoxy) is 3. The highest BCUT2D eigenvalue weighted by molar-refractivity contribution is 5.65. The molecule has 0 saturated carbocycles. The highest BCUT2D eigenvalue weighted by Crippen LogP contribution is 2.28. The lowest BCUT2D eigenvalue weighted by molar-refractivity contribution is -0.346. The minimum Gasteiger partial charge on any atom is -0.485 e. The number of imidazole rings is 1. The topological polar surface area (TPSA) is 86.0 Å². The second-order valence-corrected chi connectivity index (χ2v) is 8.23. The molecule has 2 heterocycles. The van der Waals surface area contributed by atoms with E-state index in [1.807, 2.05) is 36.4 Å². The lowest BCUT2D eigenvalue weighted by Gasteiger charge is -2.21. The predicted molar refractivity (Wildman–Crippen MR) is 124 cm³/mol. The summed E-state index contributed by atoms with van der Waals surface area (Å²) in [6.07, 6.45) is -4.38. The first-order valence-corrected chi connectivity index (χ1v) is 11.3. The molecule has 190 valence electrons. The van der Waals surface area contributed by atoms with Crippen molar-refractivity contribution < 1.29 is 37.6 Å². The first-order chi connectivity index (χ1) is 17.2. The smallest absolute Gasteiger partial charge is 0.485 e. The molecule has 0 radical (unpaired) electrons. The number of alkyl halides is 3. The van der Waals surface area contributed by atoms with Crippen molar-refractivity contribution in [3.63, 3.8) is 0 Å². The van der Waals surface area contributed by atoms with Crippen molar-refractivity contribution in [1.82, 2.24) is 9.55 Å². The van der Waals surface area contributed by atoms with Crippen molar-refractivity contribution in [2.75, 3.05) is 19.8 Å². The second-order valence-electron chi connectivity index (χ2n) is 8.23. The molecular weight excluding hydrogens is 477 g/mol. The number of aromatic nitrogens is 2. The van der Waals surface area contributed by atoms with Crippen LogP contribution in [0.2, 0.25) is 0 Å². The number of benzene rings is 2. The van der Waals surface area contributed by atoms with Gasteiger partial charge < -0.3 is 24.3 Å². The molecule has 4 rings (SSSR count). The van der Waals surface area contributed by atoms with Gasteiger partial charge in [-0.2, -0.15) is 0 Å². The van der Waals surface area contributed by atoms with Gasteiger partial charge in [0.2, 0.25) is 0 Å². The van der Waals surface area contributed by atoms with Crippen LogP contribution in [-0.4, -0.2) is 58.2 Å². The highest BCUT2D eigenvalue weighted by atomic mass is 19.4. The van der Waals surface area contributed by atoms with Gasteiger partial charge in [0, 0.05) is 18.0 Å². The maximum absolute atomic E-state index is 12.5. The lowest BCUT2D eigenvalue weighted by atomic mass is 10.0. The fourth-order valence-corrected chi connectivity index (χ4v) is 3.83. The minimum absolute atomic E-state index is 0.0172. The van der Waals surface area contributed by atoms with Crippen molar-refractivity contribution in [2.45, 2.75) is 37.6 Å². The number of halogens is 3. The van der Waals surface area contributed by atoms with Crippen LogP contribution in [0.3, 0.4) is 0 Å². The Bertz CT molecular complexity index is 1200. The molecule has 2 N–H and O–H groups in total. The molecule has 0 spiro atoms. The molecule has 36 heavy (non-hydrogen) atoms. The summed E-state index contributed by atoms with van der Waals surface area (Å²) in [5.41, 5.74) is 2.55. The van der Waals surface area contributed by atoms with Gasteiger partial charge in [0.05, 0.1) is 19.8 Å². The molecule has 2 aromatic carbocycles. The Hall–Kier alpha value is -3.36. The third-order valence-corrected chi connectivity index (χ3v) is 5.59. The molecule has 1 unspecified atom stereocenters. The van der Waals surface area contributed by atoms with Crippen molar-refractivity contribution in [1.29, 1.82) is 0 Å². The zero-order chi connectivity index (χ0) is 25.7. The van der Waals surface area contributed by atoms with E-state index >= 15 is 0 Å². The van der Waals surface area contributed by atoms with Crippen LogP contribution in [0.5, 0.6) is 5.75 Å². The SMILES string of the molecule is C[C@H](O)c1nccn1C(C#Cc1ccc(-c2ccc(O[C@@H]3COC[C@H]3OC(F)(F)F)cc2)cc1)CO. The summed E-state index contributed by atoms with van der Waals surface area (Å²) in [4.78, 5) is 4.10. The number of aliphatic hydroxyl groups excluding tert-OH is 2. The lowest BCUT2D eigenvalue weighted by Crippen LogP contribution is -2.36. The molecule has 1 saturated heterocycles. The third kappa shape index (κ3) is 6.44. The van der Waals surface area contributed by atoms with Gasteiger partial charge in [-0.05, 0) is 42.3 Å². The van der Waals surface area contributed by atoms with Gasteiger partial charge in [0.1, 0.15) is 29.8 Å². The molecule has 3 aromatic rings. The van der Waals surface area contributed by atoms with Crippen LogP contribution in [-0.2, 0) is 9.47 Å². The zero-order valence-electron chi connectivity index (χ0n) is 19.4. The Morgan fingerprint density at radius 3 is 2.33 bits per heavy atom. The van der Waals surface area contributed by atoms with E-state index in [-0.39, 0.29) is 19.8 Å². The Morgan fingerprint density at radius 2 is 1.72 bits per heavy atom. The first-order valence-electron chi connectivity index (χ1n) is 11.3. The second kappa shape index (κ2) is 11.1. The summed E-state index contributed by atoms with van der Waals surface area (Å²) in [6, 6.07) is 13.9. The standard InChI is InChI=1S/C26H25F3N2O5/c1-17(33)25-30-12-13-31(25)21(14-32)9-4-18-2-5-19(6-3-18)20-7-10-22(11-8-20)35-23-15-34-16-24(23)36-26(27,28)29/h2-3,5-8,10-13,17,21,23-24,32-33H,14-16H2,1H3/t17-,21?,23+,24+/m0/s1. The van der Waals surface area contributed by atoms with E-state index in [9.17, 15) is 23.4 Å². The molecule has 1 aromatic heterocycles. The number of nitrogens with zero attached hydrogens (tertiary/aromatic N) is 2. The molecule has 0 amide bonds. The van der Waals surface area contributed by atoms with Gasteiger partial charge in [0.25, 0.3) is 0 Å². The molecular formula is C26H25F3N2O5. The fraction of sp³-hybridized carbons (Fsp3) is 0.346. The van der Waals surface area contributed by atoms with E-state index in [0.717, 1.165) is 16.7 Å². The minimum atomic E-state index is -4.75. The Balaban J connectivity index is 1.40. The normalized spacial score (nSPS) is 19.4. The number of aliphatic hydroxyl groups is 2. The van der Waals surface area contributed by atoms with E-state index in [2.05, 4.69) is 21.6 Å². The van der Waals surface area contributed by atoms with E-state index in [0.29, 0.717) is 11.6 Å². The van der Waals surface area contributed by atoms with Crippen molar-refractivity contribution in [3.8, 4) is 28.7 Å². The van der Waals surface area contributed by atoms with Crippen LogP contribution in [0.25, 0.3) is 11.1 Å². The van der Waals surface area contributed by atoms with Gasteiger partial charge in [-0.25, -0.2) is 4.98 Å². The van der Waals surface area contributed by atoms with Gasteiger partial charge >= 0.3 is 6.36 Å². The van der Waals surface area contributed by atoms with Gasteiger partial charge in [0.15, 0.2) is 6.10 Å². The average Bonchev–Trinajstić information content (AvgIpc) is 3.50. The number of hydrogen-bond donors (Lipinski definition) is 2. The van der Waals surface area contributed by atoms with Gasteiger partial charge in [-0.1, -0.05) is 36.1 Å². The third-order valence-electron chi connectivity index (χ3n) is 5.59. The maximum Gasteiger partial charge on any atom is 0.522 e. The van der Waals surface area contributed by atoms with Gasteiger partial charge in [-0.15, -0.1) is 13.2 Å². The van der Waals surface area contributed by atoms with Crippen LogP contribution in [0.15, 0.2) is 60.9 Å². The van der Waals surface area contributed by atoms with E-state index in [1.165, 1.54) is 0 Å². The Kier molecular flexibility index (Phi) is 7.96.